The number of hydrogen-bond acceptors (Lipinski definition) is 7. The molecule has 0 aromatic rings. The molecule has 0 aliphatic carbocycles. The van der Waals surface area contributed by atoms with Gasteiger partial charge < -0.3 is 14.2 Å². The fraction of sp³-hybridized carbons (Fsp3) is 0.647. The van der Waals surface area contributed by atoms with E-state index in [2.05, 4.69) is 4.74 Å². The van der Waals surface area contributed by atoms with E-state index < -0.39 is 30.0 Å². The fourth-order valence-corrected chi connectivity index (χ4v) is 1.64. The molecule has 0 aromatic heterocycles. The molecule has 0 aliphatic heterocycles. The van der Waals surface area contributed by atoms with Gasteiger partial charge in [-0.25, -0.2) is 14.4 Å². The number of esters is 4. The molecule has 7 nitrogen and oxygen atoms in total. The Hall–Kier alpha value is -2.18. The lowest BCUT2D eigenvalue weighted by molar-refractivity contribution is -0.173. The second kappa shape index (κ2) is 10.6. The number of rotatable bonds is 8. The Balaban J connectivity index is 4.67. The predicted octanol–water partition coefficient (Wildman–Crippen LogP) is 2.32. The minimum atomic E-state index is -1.20. The number of hydrogen-bond donors (Lipinski definition) is 0. The van der Waals surface area contributed by atoms with Gasteiger partial charge in [-0.05, 0) is 18.8 Å². The third-order valence-electron chi connectivity index (χ3n) is 2.60. The van der Waals surface area contributed by atoms with Gasteiger partial charge in [-0.2, -0.15) is 0 Å². The van der Waals surface area contributed by atoms with E-state index in [9.17, 15) is 19.2 Å². The molecule has 7 heteroatoms. The molecule has 0 heterocycles. The minimum Gasteiger partial charge on any atom is -0.463 e. The first kappa shape index (κ1) is 21.8. The average molecular weight is 342 g/mol. The standard InChI is InChI=1S/C17H26O7/c1-6-8-12(16(21)24-15(20)11-17(3,4)5)23-14(19)10-9-13(18)22-7-2/h9-10,12H,6-8,11H2,1-5H3/b10-9-. The van der Waals surface area contributed by atoms with Gasteiger partial charge in [0.25, 0.3) is 0 Å². The largest absolute Gasteiger partial charge is 0.463 e. The van der Waals surface area contributed by atoms with Crippen LogP contribution in [0.15, 0.2) is 12.2 Å². The van der Waals surface area contributed by atoms with Gasteiger partial charge in [-0.3, -0.25) is 4.79 Å². The summed E-state index contributed by atoms with van der Waals surface area (Å²) < 4.78 is 14.3. The van der Waals surface area contributed by atoms with Gasteiger partial charge in [0.05, 0.1) is 13.0 Å². The topological polar surface area (TPSA) is 96.0 Å². The molecule has 0 saturated carbocycles. The van der Waals surface area contributed by atoms with E-state index in [0.29, 0.717) is 6.42 Å². The molecule has 1 atom stereocenters. The highest BCUT2D eigenvalue weighted by Crippen LogP contribution is 2.19. The van der Waals surface area contributed by atoms with E-state index in [1.165, 1.54) is 0 Å². The van der Waals surface area contributed by atoms with Crippen LogP contribution in [0, 0.1) is 5.41 Å². The van der Waals surface area contributed by atoms with Gasteiger partial charge in [-0.15, -0.1) is 0 Å². The first-order valence-corrected chi connectivity index (χ1v) is 7.89. The van der Waals surface area contributed by atoms with E-state index in [4.69, 9.17) is 9.47 Å². The number of carbonyl (C=O) groups excluding carboxylic acids is 4. The zero-order valence-electron chi connectivity index (χ0n) is 14.9. The smallest absolute Gasteiger partial charge is 0.355 e. The Morgan fingerprint density at radius 1 is 1.00 bits per heavy atom. The van der Waals surface area contributed by atoms with Gasteiger partial charge in [0.2, 0.25) is 0 Å². The van der Waals surface area contributed by atoms with Crippen LogP contribution in [0.1, 0.15) is 53.9 Å². The Bertz CT molecular complexity index is 486. The molecule has 0 aliphatic rings. The second-order valence-electron chi connectivity index (χ2n) is 6.33. The summed E-state index contributed by atoms with van der Waals surface area (Å²) in [6.45, 7) is 9.11. The van der Waals surface area contributed by atoms with Crippen molar-refractivity contribution < 1.29 is 33.4 Å². The summed E-state index contributed by atoms with van der Waals surface area (Å²) in [7, 11) is 0. The molecule has 0 fully saturated rings. The highest BCUT2D eigenvalue weighted by Gasteiger charge is 2.27. The zero-order chi connectivity index (χ0) is 18.8. The van der Waals surface area contributed by atoms with Crippen molar-refractivity contribution in [1.29, 1.82) is 0 Å². The predicted molar refractivity (Wildman–Crippen MR) is 85.7 cm³/mol. The molecule has 0 bridgehead atoms. The van der Waals surface area contributed by atoms with Gasteiger partial charge in [0.1, 0.15) is 0 Å². The Morgan fingerprint density at radius 2 is 1.58 bits per heavy atom. The summed E-state index contributed by atoms with van der Waals surface area (Å²) in [6.07, 6.45) is 1.39. The minimum absolute atomic E-state index is 0.0638. The maximum Gasteiger partial charge on any atom is 0.355 e. The summed E-state index contributed by atoms with van der Waals surface area (Å²) in [4.78, 5) is 46.4. The lowest BCUT2D eigenvalue weighted by atomic mass is 9.92. The van der Waals surface area contributed by atoms with E-state index >= 15 is 0 Å². The van der Waals surface area contributed by atoms with Crippen molar-refractivity contribution in [2.75, 3.05) is 6.61 Å². The van der Waals surface area contributed by atoms with E-state index in [0.717, 1.165) is 12.2 Å². The molecule has 0 radical (unpaired) electrons. The Labute approximate surface area is 142 Å². The molecule has 0 N–H and O–H groups in total. The molecular weight excluding hydrogens is 316 g/mol. The van der Waals surface area contributed by atoms with Crippen molar-refractivity contribution in [3.63, 3.8) is 0 Å². The lowest BCUT2D eigenvalue weighted by Crippen LogP contribution is -2.31. The van der Waals surface area contributed by atoms with Gasteiger partial charge in [0, 0.05) is 12.2 Å². The van der Waals surface area contributed by atoms with E-state index in [1.807, 2.05) is 20.8 Å². The van der Waals surface area contributed by atoms with Crippen LogP contribution in [-0.2, 0) is 33.4 Å². The third-order valence-corrected chi connectivity index (χ3v) is 2.60. The van der Waals surface area contributed by atoms with Crippen LogP contribution >= 0.6 is 0 Å². The summed E-state index contributed by atoms with van der Waals surface area (Å²) in [6, 6.07) is 0. The van der Waals surface area contributed by atoms with E-state index in [1.54, 1.807) is 13.8 Å². The Kier molecular flexibility index (Phi) is 9.61. The van der Waals surface area contributed by atoms with Crippen molar-refractivity contribution in [3.05, 3.63) is 12.2 Å². The number of ether oxygens (including phenoxy) is 3. The maximum absolute atomic E-state index is 12.0. The van der Waals surface area contributed by atoms with Crippen LogP contribution in [-0.4, -0.2) is 36.6 Å². The van der Waals surface area contributed by atoms with Crippen LogP contribution in [0.25, 0.3) is 0 Å². The van der Waals surface area contributed by atoms with Gasteiger partial charge in [-0.1, -0.05) is 34.1 Å². The summed E-state index contributed by atoms with van der Waals surface area (Å²) in [5, 5.41) is 0. The van der Waals surface area contributed by atoms with Crippen molar-refractivity contribution in [1.82, 2.24) is 0 Å². The SMILES string of the molecule is CCCC(OC(=O)/C=C\C(=O)OCC)C(=O)OC(=O)CC(C)(C)C. The molecule has 0 amide bonds. The molecule has 0 aromatic carbocycles. The van der Waals surface area contributed by atoms with Crippen molar-refractivity contribution >= 4 is 23.9 Å². The summed E-state index contributed by atoms with van der Waals surface area (Å²) in [5.41, 5.74) is -0.323. The molecule has 0 rings (SSSR count). The van der Waals surface area contributed by atoms with Gasteiger partial charge in [0.15, 0.2) is 6.10 Å². The molecule has 0 saturated heterocycles. The lowest BCUT2D eigenvalue weighted by Gasteiger charge is -2.18. The van der Waals surface area contributed by atoms with Crippen molar-refractivity contribution in [3.8, 4) is 0 Å². The summed E-state index contributed by atoms with van der Waals surface area (Å²) >= 11 is 0. The second-order valence-corrected chi connectivity index (χ2v) is 6.33. The van der Waals surface area contributed by atoms with Crippen LogP contribution in [0.2, 0.25) is 0 Å². The number of carbonyl (C=O) groups is 4. The highest BCUT2D eigenvalue weighted by molar-refractivity contribution is 5.94. The van der Waals surface area contributed by atoms with Gasteiger partial charge >= 0.3 is 23.9 Å². The highest BCUT2D eigenvalue weighted by atomic mass is 16.6. The van der Waals surface area contributed by atoms with Crippen molar-refractivity contribution in [2.45, 2.75) is 60.0 Å². The maximum atomic E-state index is 12.0. The third kappa shape index (κ3) is 10.5. The quantitative estimate of drug-likeness (QED) is 0.289. The molecular formula is C17H26O7. The normalized spacial score (nSPS) is 12.5. The monoisotopic (exact) mass is 342 g/mol. The van der Waals surface area contributed by atoms with Crippen LogP contribution < -0.4 is 0 Å². The average Bonchev–Trinajstić information content (AvgIpc) is 2.42. The first-order valence-electron chi connectivity index (χ1n) is 7.89. The molecule has 24 heavy (non-hydrogen) atoms. The molecule has 0 spiro atoms. The fourth-order valence-electron chi connectivity index (χ4n) is 1.64. The van der Waals surface area contributed by atoms with E-state index in [-0.39, 0.29) is 24.9 Å². The summed E-state index contributed by atoms with van der Waals surface area (Å²) in [5.74, 6) is -3.16. The first-order chi connectivity index (χ1) is 11.1. The molecule has 1 unspecified atom stereocenters. The van der Waals surface area contributed by atoms with Crippen LogP contribution in [0.5, 0.6) is 0 Å². The van der Waals surface area contributed by atoms with Crippen LogP contribution in [0.3, 0.4) is 0 Å². The van der Waals surface area contributed by atoms with Crippen LogP contribution in [0.4, 0.5) is 0 Å². The Morgan fingerprint density at radius 3 is 2.08 bits per heavy atom. The zero-order valence-corrected chi connectivity index (χ0v) is 14.9. The molecule has 136 valence electrons. The van der Waals surface area contributed by atoms with Crippen molar-refractivity contribution in [2.24, 2.45) is 5.41 Å².